The molecule has 0 aromatic rings. The lowest BCUT2D eigenvalue weighted by Crippen LogP contribution is -2.28. The highest BCUT2D eigenvalue weighted by Crippen LogP contribution is 2.45. The second kappa shape index (κ2) is 2.21. The van der Waals surface area contributed by atoms with Crippen molar-refractivity contribution in [2.45, 2.75) is 37.8 Å². The second-order valence-corrected chi connectivity index (χ2v) is 3.33. The molecule has 2 heteroatoms. The van der Waals surface area contributed by atoms with Gasteiger partial charge in [-0.05, 0) is 32.7 Å². The van der Waals surface area contributed by atoms with Crippen molar-refractivity contribution in [2.24, 2.45) is 0 Å². The maximum atomic E-state index is 5.53. The van der Waals surface area contributed by atoms with Crippen LogP contribution >= 0.6 is 0 Å². The third kappa shape index (κ3) is 0.867. The van der Waals surface area contributed by atoms with Gasteiger partial charge in [0.05, 0.1) is 6.10 Å². The Morgan fingerprint density at radius 2 is 2.60 bits per heavy atom. The molecule has 2 aliphatic rings. The molecule has 1 saturated heterocycles. The van der Waals surface area contributed by atoms with Crippen molar-refractivity contribution in [1.29, 1.82) is 0 Å². The molecular weight excluding hydrogens is 126 g/mol. The van der Waals surface area contributed by atoms with Crippen molar-refractivity contribution >= 4 is 0 Å². The Kier molecular flexibility index (Phi) is 1.46. The predicted molar refractivity (Wildman–Crippen MR) is 40.0 cm³/mol. The first kappa shape index (κ1) is 6.62. The topological polar surface area (TPSA) is 21.3 Å². The first-order chi connectivity index (χ1) is 4.87. The molecule has 2 unspecified atom stereocenters. The Balaban J connectivity index is 1.86. The van der Waals surface area contributed by atoms with E-state index >= 15 is 0 Å². The van der Waals surface area contributed by atoms with Gasteiger partial charge in [-0.15, -0.1) is 0 Å². The summed E-state index contributed by atoms with van der Waals surface area (Å²) in [5.41, 5.74) is 0.440. The minimum Gasteiger partial charge on any atom is -0.377 e. The number of hydrogen-bond donors (Lipinski definition) is 1. The smallest absolute Gasteiger partial charge is 0.0775 e. The summed E-state index contributed by atoms with van der Waals surface area (Å²) in [6.07, 6.45) is 4.46. The van der Waals surface area contributed by atoms with E-state index in [-0.39, 0.29) is 0 Å². The van der Waals surface area contributed by atoms with Gasteiger partial charge in [-0.1, -0.05) is 0 Å². The van der Waals surface area contributed by atoms with Crippen LogP contribution in [0.2, 0.25) is 0 Å². The summed E-state index contributed by atoms with van der Waals surface area (Å²) in [5, 5.41) is 3.52. The molecule has 0 aromatic heterocycles. The van der Waals surface area contributed by atoms with Gasteiger partial charge in [-0.25, -0.2) is 0 Å². The van der Waals surface area contributed by atoms with Gasteiger partial charge in [-0.3, -0.25) is 0 Å². The molecule has 2 rings (SSSR count). The fraction of sp³-hybridized carbons (Fsp3) is 1.00. The highest BCUT2D eigenvalue weighted by Gasteiger charge is 2.56. The molecular formula is C8H15NO. The Hall–Kier alpha value is -0.0800. The molecule has 2 atom stereocenters. The molecule has 1 saturated carbocycles. The van der Waals surface area contributed by atoms with E-state index in [1.165, 1.54) is 25.8 Å². The highest BCUT2D eigenvalue weighted by molar-refractivity contribution is 5.14. The van der Waals surface area contributed by atoms with E-state index in [2.05, 4.69) is 12.2 Å². The molecule has 2 nitrogen and oxygen atoms in total. The zero-order valence-corrected chi connectivity index (χ0v) is 6.52. The molecule has 1 spiro atoms. The first-order valence-corrected chi connectivity index (χ1v) is 4.24. The van der Waals surface area contributed by atoms with E-state index < -0.39 is 0 Å². The third-order valence-corrected chi connectivity index (χ3v) is 2.65. The fourth-order valence-electron chi connectivity index (χ4n) is 1.97. The fourth-order valence-corrected chi connectivity index (χ4v) is 1.97. The number of rotatable bonds is 2. The average Bonchev–Trinajstić information content (AvgIpc) is 2.43. The summed E-state index contributed by atoms with van der Waals surface area (Å²) in [6.45, 7) is 4.14. The molecule has 0 aromatic carbocycles. The van der Waals surface area contributed by atoms with Crippen LogP contribution in [0.4, 0.5) is 0 Å². The standard InChI is InChI=1S/C8H15NO/c1-2-10-7-6-8(7)4-3-5-9-8/h7,9H,2-6H2,1H3. The number of ether oxygens (including phenoxy) is 1. The summed E-state index contributed by atoms with van der Waals surface area (Å²) >= 11 is 0. The second-order valence-electron chi connectivity index (χ2n) is 3.33. The van der Waals surface area contributed by atoms with Crippen LogP contribution in [0.15, 0.2) is 0 Å². The number of hydrogen-bond acceptors (Lipinski definition) is 2. The molecule has 0 amide bonds. The Bertz CT molecular complexity index is 129. The van der Waals surface area contributed by atoms with E-state index in [1.807, 2.05) is 0 Å². The quantitative estimate of drug-likeness (QED) is 0.617. The summed E-state index contributed by atoms with van der Waals surface area (Å²) in [4.78, 5) is 0. The zero-order valence-electron chi connectivity index (χ0n) is 6.52. The lowest BCUT2D eigenvalue weighted by atomic mass is 10.2. The molecule has 2 fully saturated rings. The van der Waals surface area contributed by atoms with Crippen LogP contribution in [-0.2, 0) is 4.74 Å². The maximum absolute atomic E-state index is 5.53. The molecule has 10 heavy (non-hydrogen) atoms. The molecule has 1 N–H and O–H groups in total. The predicted octanol–water partition coefficient (Wildman–Crippen LogP) is 0.917. The molecule has 0 radical (unpaired) electrons. The summed E-state index contributed by atoms with van der Waals surface area (Å²) < 4.78 is 5.53. The van der Waals surface area contributed by atoms with Crippen molar-refractivity contribution < 1.29 is 4.74 Å². The van der Waals surface area contributed by atoms with Crippen molar-refractivity contribution in [3.05, 3.63) is 0 Å². The molecule has 58 valence electrons. The summed E-state index contributed by atoms with van der Waals surface area (Å²) in [6, 6.07) is 0. The van der Waals surface area contributed by atoms with Crippen LogP contribution in [0.3, 0.4) is 0 Å². The zero-order chi connectivity index (χ0) is 7.03. The van der Waals surface area contributed by atoms with Crippen molar-refractivity contribution in [1.82, 2.24) is 5.32 Å². The molecule has 1 aliphatic carbocycles. The van der Waals surface area contributed by atoms with Gasteiger partial charge in [0.1, 0.15) is 0 Å². The number of nitrogens with one attached hydrogen (secondary N) is 1. The van der Waals surface area contributed by atoms with Gasteiger partial charge in [0, 0.05) is 12.1 Å². The Morgan fingerprint density at radius 1 is 1.70 bits per heavy atom. The SMILES string of the molecule is CCOC1CC12CCCN2. The third-order valence-electron chi connectivity index (χ3n) is 2.65. The monoisotopic (exact) mass is 141 g/mol. The Labute approximate surface area is 61.9 Å². The van der Waals surface area contributed by atoms with E-state index in [1.54, 1.807) is 0 Å². The molecule has 1 heterocycles. The van der Waals surface area contributed by atoms with E-state index in [9.17, 15) is 0 Å². The van der Waals surface area contributed by atoms with Gasteiger partial charge in [0.15, 0.2) is 0 Å². The van der Waals surface area contributed by atoms with Crippen LogP contribution in [0.1, 0.15) is 26.2 Å². The van der Waals surface area contributed by atoms with E-state index in [4.69, 9.17) is 4.74 Å². The van der Waals surface area contributed by atoms with Crippen molar-refractivity contribution in [2.75, 3.05) is 13.2 Å². The lowest BCUT2D eigenvalue weighted by molar-refractivity contribution is 0.112. The average molecular weight is 141 g/mol. The van der Waals surface area contributed by atoms with Crippen LogP contribution in [0, 0.1) is 0 Å². The van der Waals surface area contributed by atoms with Gasteiger partial charge < -0.3 is 10.1 Å². The Morgan fingerprint density at radius 3 is 3.20 bits per heavy atom. The molecule has 1 aliphatic heterocycles. The van der Waals surface area contributed by atoms with Crippen molar-refractivity contribution in [3.8, 4) is 0 Å². The highest BCUT2D eigenvalue weighted by atomic mass is 16.5. The van der Waals surface area contributed by atoms with Gasteiger partial charge >= 0.3 is 0 Å². The largest absolute Gasteiger partial charge is 0.377 e. The summed E-state index contributed by atoms with van der Waals surface area (Å²) in [7, 11) is 0. The minimum atomic E-state index is 0.440. The van der Waals surface area contributed by atoms with E-state index in [0.29, 0.717) is 11.6 Å². The first-order valence-electron chi connectivity index (χ1n) is 4.24. The van der Waals surface area contributed by atoms with Gasteiger partial charge in [-0.2, -0.15) is 0 Å². The minimum absolute atomic E-state index is 0.440. The maximum Gasteiger partial charge on any atom is 0.0775 e. The van der Waals surface area contributed by atoms with Crippen molar-refractivity contribution in [3.63, 3.8) is 0 Å². The van der Waals surface area contributed by atoms with Crippen LogP contribution in [0.5, 0.6) is 0 Å². The lowest BCUT2D eigenvalue weighted by Gasteiger charge is -2.07. The summed E-state index contributed by atoms with van der Waals surface area (Å²) in [5.74, 6) is 0. The van der Waals surface area contributed by atoms with Crippen LogP contribution < -0.4 is 5.32 Å². The van der Waals surface area contributed by atoms with Crippen LogP contribution in [0.25, 0.3) is 0 Å². The van der Waals surface area contributed by atoms with Gasteiger partial charge in [0.25, 0.3) is 0 Å². The normalized spacial score (nSPS) is 44.7. The van der Waals surface area contributed by atoms with E-state index in [0.717, 1.165) is 6.61 Å². The van der Waals surface area contributed by atoms with Gasteiger partial charge in [0.2, 0.25) is 0 Å². The van der Waals surface area contributed by atoms with Crippen LogP contribution in [-0.4, -0.2) is 24.8 Å². The molecule has 0 bridgehead atoms.